The SMILES string of the molecule is O=C(NC1CCN(Cn2nnn(-c3ccc(Cl)cc3)c2=S)CC1)c1ccccc1. The Morgan fingerprint density at radius 2 is 1.76 bits per heavy atom. The predicted molar refractivity (Wildman–Crippen MR) is 114 cm³/mol. The minimum atomic E-state index is -0.0165. The van der Waals surface area contributed by atoms with Gasteiger partial charge in [0.25, 0.3) is 5.91 Å². The summed E-state index contributed by atoms with van der Waals surface area (Å²) >= 11 is 11.5. The first-order chi connectivity index (χ1) is 14.1. The zero-order chi connectivity index (χ0) is 20.2. The van der Waals surface area contributed by atoms with Crippen LogP contribution in [0.4, 0.5) is 0 Å². The molecular weight excluding hydrogens is 408 g/mol. The molecule has 150 valence electrons. The van der Waals surface area contributed by atoms with Crippen molar-refractivity contribution in [3.63, 3.8) is 0 Å². The van der Waals surface area contributed by atoms with E-state index in [9.17, 15) is 4.79 Å². The van der Waals surface area contributed by atoms with Crippen LogP contribution in [-0.2, 0) is 6.67 Å². The first-order valence-corrected chi connectivity index (χ1v) is 10.3. The highest BCUT2D eigenvalue weighted by Gasteiger charge is 2.22. The summed E-state index contributed by atoms with van der Waals surface area (Å²) in [5, 5.41) is 12.2. The monoisotopic (exact) mass is 428 g/mol. The molecule has 7 nitrogen and oxygen atoms in total. The Bertz CT molecular complexity index is 1030. The standard InChI is InChI=1S/C20H21ClN6OS/c21-16-6-8-18(9-7-16)27-20(29)26(23-24-27)14-25-12-10-17(11-13-25)22-19(28)15-4-2-1-3-5-15/h1-9,17H,10-14H2,(H,22,28). The molecule has 1 amide bonds. The lowest BCUT2D eigenvalue weighted by Gasteiger charge is -2.31. The third kappa shape index (κ3) is 4.72. The van der Waals surface area contributed by atoms with E-state index in [1.54, 1.807) is 21.5 Å². The summed E-state index contributed by atoms with van der Waals surface area (Å²) in [6.07, 6.45) is 1.77. The van der Waals surface area contributed by atoms with Gasteiger partial charge in [-0.3, -0.25) is 9.69 Å². The van der Waals surface area contributed by atoms with Crippen LogP contribution in [0.2, 0.25) is 5.02 Å². The number of tetrazole rings is 1. The van der Waals surface area contributed by atoms with Crippen LogP contribution in [0, 0.1) is 4.77 Å². The molecule has 0 saturated carbocycles. The fraction of sp³-hybridized carbons (Fsp3) is 0.300. The van der Waals surface area contributed by atoms with E-state index in [1.165, 1.54) is 0 Å². The molecule has 9 heteroatoms. The van der Waals surface area contributed by atoms with Gasteiger partial charge < -0.3 is 5.32 Å². The van der Waals surface area contributed by atoms with E-state index in [0.29, 0.717) is 22.0 Å². The summed E-state index contributed by atoms with van der Waals surface area (Å²) in [6, 6.07) is 16.8. The van der Waals surface area contributed by atoms with Gasteiger partial charge in [-0.05, 0) is 71.9 Å². The van der Waals surface area contributed by atoms with Crippen LogP contribution in [0.5, 0.6) is 0 Å². The molecule has 1 aliphatic rings. The number of hydrogen-bond donors (Lipinski definition) is 1. The molecule has 0 unspecified atom stereocenters. The largest absolute Gasteiger partial charge is 0.349 e. The molecule has 3 aromatic rings. The number of carbonyl (C=O) groups is 1. The third-order valence-electron chi connectivity index (χ3n) is 5.00. The van der Waals surface area contributed by atoms with E-state index in [-0.39, 0.29) is 11.9 Å². The van der Waals surface area contributed by atoms with E-state index in [4.69, 9.17) is 23.8 Å². The highest BCUT2D eigenvalue weighted by molar-refractivity contribution is 7.71. The summed E-state index contributed by atoms with van der Waals surface area (Å²) < 4.78 is 3.87. The molecule has 2 aromatic carbocycles. The first kappa shape index (κ1) is 19.8. The molecule has 1 saturated heterocycles. The van der Waals surface area contributed by atoms with Gasteiger partial charge in [-0.15, -0.1) is 0 Å². The number of amides is 1. The van der Waals surface area contributed by atoms with Crippen molar-refractivity contribution >= 4 is 29.7 Å². The number of carbonyl (C=O) groups excluding carboxylic acids is 1. The second kappa shape index (κ2) is 8.86. The van der Waals surface area contributed by atoms with Gasteiger partial charge >= 0.3 is 0 Å². The van der Waals surface area contributed by atoms with Crippen LogP contribution in [0.25, 0.3) is 5.69 Å². The molecular formula is C20H21ClN6OS. The molecule has 0 bridgehead atoms. The Balaban J connectivity index is 1.33. The van der Waals surface area contributed by atoms with E-state index in [0.717, 1.165) is 31.6 Å². The van der Waals surface area contributed by atoms with Crippen LogP contribution in [-0.4, -0.2) is 49.7 Å². The van der Waals surface area contributed by atoms with Crippen molar-refractivity contribution in [2.75, 3.05) is 13.1 Å². The van der Waals surface area contributed by atoms with Crippen molar-refractivity contribution < 1.29 is 4.79 Å². The minimum absolute atomic E-state index is 0.0165. The van der Waals surface area contributed by atoms with Crippen molar-refractivity contribution in [1.29, 1.82) is 0 Å². The van der Waals surface area contributed by atoms with Gasteiger partial charge in [-0.25, -0.2) is 4.68 Å². The van der Waals surface area contributed by atoms with Crippen LogP contribution in [0.15, 0.2) is 54.6 Å². The Kier molecular flexibility index (Phi) is 6.03. The van der Waals surface area contributed by atoms with E-state index in [1.807, 2.05) is 42.5 Å². The molecule has 29 heavy (non-hydrogen) atoms. The maximum absolute atomic E-state index is 12.3. The average molecular weight is 429 g/mol. The zero-order valence-corrected chi connectivity index (χ0v) is 17.3. The number of halogens is 1. The van der Waals surface area contributed by atoms with Gasteiger partial charge in [-0.1, -0.05) is 29.8 Å². The van der Waals surface area contributed by atoms with Crippen LogP contribution >= 0.6 is 23.8 Å². The van der Waals surface area contributed by atoms with E-state index < -0.39 is 0 Å². The topological polar surface area (TPSA) is 68.0 Å². The second-order valence-corrected chi connectivity index (χ2v) is 7.82. The van der Waals surface area contributed by atoms with Gasteiger partial charge in [0.15, 0.2) is 0 Å². The quantitative estimate of drug-likeness (QED) is 0.631. The molecule has 0 radical (unpaired) electrons. The second-order valence-electron chi connectivity index (χ2n) is 7.02. The third-order valence-corrected chi connectivity index (χ3v) is 5.64. The molecule has 0 aliphatic carbocycles. The van der Waals surface area contributed by atoms with Gasteiger partial charge in [0.1, 0.15) is 0 Å². The van der Waals surface area contributed by atoms with E-state index in [2.05, 4.69) is 20.6 Å². The van der Waals surface area contributed by atoms with Crippen molar-refractivity contribution in [2.24, 2.45) is 0 Å². The molecule has 0 atom stereocenters. The number of hydrogen-bond acceptors (Lipinski definition) is 5. The van der Waals surface area contributed by atoms with E-state index >= 15 is 0 Å². The van der Waals surface area contributed by atoms with Crippen molar-refractivity contribution in [3.05, 3.63) is 70.0 Å². The molecule has 2 heterocycles. The van der Waals surface area contributed by atoms with Gasteiger partial charge in [0.2, 0.25) is 4.77 Å². The summed E-state index contributed by atoms with van der Waals surface area (Å²) in [5.41, 5.74) is 1.52. The van der Waals surface area contributed by atoms with Crippen molar-refractivity contribution in [1.82, 2.24) is 30.0 Å². The summed E-state index contributed by atoms with van der Waals surface area (Å²) in [6.45, 7) is 2.29. The number of rotatable bonds is 5. The highest BCUT2D eigenvalue weighted by Crippen LogP contribution is 2.15. The Morgan fingerprint density at radius 1 is 1.07 bits per heavy atom. The van der Waals surface area contributed by atoms with Crippen LogP contribution in [0.1, 0.15) is 23.2 Å². The maximum atomic E-state index is 12.3. The number of likely N-dealkylation sites (tertiary alicyclic amines) is 1. The maximum Gasteiger partial charge on any atom is 0.251 e. The highest BCUT2D eigenvalue weighted by atomic mass is 35.5. The fourth-order valence-corrected chi connectivity index (χ4v) is 3.74. The fourth-order valence-electron chi connectivity index (χ4n) is 3.37. The zero-order valence-electron chi connectivity index (χ0n) is 15.7. The van der Waals surface area contributed by atoms with Crippen LogP contribution in [0.3, 0.4) is 0 Å². The molecule has 1 aromatic heterocycles. The lowest BCUT2D eigenvalue weighted by molar-refractivity contribution is 0.0895. The Morgan fingerprint density at radius 3 is 2.45 bits per heavy atom. The number of benzene rings is 2. The van der Waals surface area contributed by atoms with Gasteiger partial charge in [0, 0.05) is 29.7 Å². The van der Waals surface area contributed by atoms with Gasteiger partial charge in [0.05, 0.1) is 12.4 Å². The van der Waals surface area contributed by atoms with Crippen molar-refractivity contribution in [2.45, 2.75) is 25.6 Å². The van der Waals surface area contributed by atoms with Crippen LogP contribution < -0.4 is 5.32 Å². The summed E-state index contributed by atoms with van der Waals surface area (Å²) in [5.74, 6) is -0.0165. The predicted octanol–water partition coefficient (Wildman–Crippen LogP) is 3.30. The number of nitrogens with one attached hydrogen (secondary N) is 1. The minimum Gasteiger partial charge on any atom is -0.349 e. The number of aromatic nitrogens is 4. The number of nitrogens with zero attached hydrogens (tertiary/aromatic N) is 5. The molecule has 1 fully saturated rings. The number of piperidine rings is 1. The Hall–Kier alpha value is -2.55. The normalized spacial score (nSPS) is 15.3. The molecule has 4 rings (SSSR count). The Labute approximate surface area is 178 Å². The first-order valence-electron chi connectivity index (χ1n) is 9.47. The lowest BCUT2D eigenvalue weighted by atomic mass is 10.0. The van der Waals surface area contributed by atoms with Gasteiger partial charge in [-0.2, -0.15) is 4.68 Å². The lowest BCUT2D eigenvalue weighted by Crippen LogP contribution is -2.45. The summed E-state index contributed by atoms with van der Waals surface area (Å²) in [4.78, 5) is 14.6. The smallest absolute Gasteiger partial charge is 0.251 e. The average Bonchev–Trinajstić information content (AvgIpc) is 3.11. The molecule has 1 aliphatic heterocycles. The molecule has 1 N–H and O–H groups in total. The van der Waals surface area contributed by atoms with Crippen molar-refractivity contribution in [3.8, 4) is 5.69 Å². The molecule has 0 spiro atoms. The summed E-state index contributed by atoms with van der Waals surface area (Å²) in [7, 11) is 0.